The van der Waals surface area contributed by atoms with Gasteiger partial charge in [0.2, 0.25) is 0 Å². The highest BCUT2D eigenvalue weighted by molar-refractivity contribution is 9.10. The first-order valence-electron chi connectivity index (χ1n) is 3.86. The minimum atomic E-state index is 0.134. The fourth-order valence-electron chi connectivity index (χ4n) is 1.58. The van der Waals surface area contributed by atoms with Gasteiger partial charge in [0.05, 0.1) is 4.83 Å². The Morgan fingerprint density at radius 3 is 2.40 bits per heavy atom. The molecule has 1 fully saturated rings. The summed E-state index contributed by atoms with van der Waals surface area (Å²) in [6.07, 6.45) is 5.07. The smallest absolute Gasteiger partial charge is 0.143 e. The Bertz CT molecular complexity index is 127. The average molecular weight is 205 g/mol. The maximum atomic E-state index is 10.9. The first-order chi connectivity index (χ1) is 4.72. The van der Waals surface area contributed by atoms with E-state index in [9.17, 15) is 4.79 Å². The first kappa shape index (κ1) is 8.25. The standard InChI is InChI=1S/C8H13BrO/c1-6(10)8(9)7-4-2-3-5-7/h7-8H,2-5H2,1H3. The van der Waals surface area contributed by atoms with E-state index in [0.29, 0.717) is 5.92 Å². The summed E-state index contributed by atoms with van der Waals surface area (Å²) in [5.41, 5.74) is 0. The second-order valence-corrected chi connectivity index (χ2v) is 4.04. The summed E-state index contributed by atoms with van der Waals surface area (Å²) in [6.45, 7) is 1.66. The highest BCUT2D eigenvalue weighted by Gasteiger charge is 2.25. The maximum absolute atomic E-state index is 10.9. The van der Waals surface area contributed by atoms with Gasteiger partial charge >= 0.3 is 0 Å². The molecule has 0 bridgehead atoms. The Kier molecular flexibility index (Phi) is 2.90. The van der Waals surface area contributed by atoms with Crippen LogP contribution in [0.2, 0.25) is 0 Å². The molecule has 58 valence electrons. The van der Waals surface area contributed by atoms with Crippen LogP contribution in [0.3, 0.4) is 0 Å². The molecule has 0 aromatic heterocycles. The van der Waals surface area contributed by atoms with Crippen LogP contribution in [0.1, 0.15) is 32.6 Å². The van der Waals surface area contributed by atoms with E-state index in [4.69, 9.17) is 0 Å². The van der Waals surface area contributed by atoms with Crippen LogP contribution in [0.5, 0.6) is 0 Å². The molecule has 0 spiro atoms. The van der Waals surface area contributed by atoms with Gasteiger partial charge in [0, 0.05) is 0 Å². The Hall–Kier alpha value is 0.150. The predicted molar refractivity (Wildman–Crippen MR) is 45.4 cm³/mol. The summed E-state index contributed by atoms with van der Waals surface area (Å²) >= 11 is 3.42. The van der Waals surface area contributed by atoms with Crippen molar-refractivity contribution >= 4 is 21.7 Å². The van der Waals surface area contributed by atoms with Gasteiger partial charge in [0.1, 0.15) is 5.78 Å². The Morgan fingerprint density at radius 2 is 2.00 bits per heavy atom. The van der Waals surface area contributed by atoms with Gasteiger partial charge in [-0.25, -0.2) is 0 Å². The molecule has 0 radical (unpaired) electrons. The molecule has 0 aromatic rings. The lowest BCUT2D eigenvalue weighted by atomic mass is 10.0. The molecular weight excluding hydrogens is 192 g/mol. The molecule has 0 heterocycles. The van der Waals surface area contributed by atoms with Crippen molar-refractivity contribution in [3.05, 3.63) is 0 Å². The van der Waals surface area contributed by atoms with Crippen LogP contribution < -0.4 is 0 Å². The fourth-order valence-corrected chi connectivity index (χ4v) is 2.11. The van der Waals surface area contributed by atoms with E-state index in [-0.39, 0.29) is 10.6 Å². The predicted octanol–water partition coefficient (Wildman–Crippen LogP) is 2.53. The van der Waals surface area contributed by atoms with Crippen molar-refractivity contribution < 1.29 is 4.79 Å². The molecule has 0 amide bonds. The number of halogens is 1. The summed E-state index contributed by atoms with van der Waals surface area (Å²) in [5, 5.41) is 0. The summed E-state index contributed by atoms with van der Waals surface area (Å²) in [7, 11) is 0. The van der Waals surface area contributed by atoms with Gasteiger partial charge in [-0.1, -0.05) is 28.8 Å². The van der Waals surface area contributed by atoms with Gasteiger partial charge in [-0.05, 0) is 25.7 Å². The van der Waals surface area contributed by atoms with E-state index in [1.807, 2.05) is 0 Å². The third-order valence-corrected chi connectivity index (χ3v) is 3.59. The van der Waals surface area contributed by atoms with Gasteiger partial charge in [-0.3, -0.25) is 4.79 Å². The second kappa shape index (κ2) is 3.51. The molecule has 1 nitrogen and oxygen atoms in total. The second-order valence-electron chi connectivity index (χ2n) is 3.06. The van der Waals surface area contributed by atoms with Gasteiger partial charge in [-0.15, -0.1) is 0 Å². The minimum absolute atomic E-state index is 0.134. The van der Waals surface area contributed by atoms with Crippen molar-refractivity contribution in [3.63, 3.8) is 0 Å². The largest absolute Gasteiger partial charge is 0.299 e. The van der Waals surface area contributed by atoms with Crippen molar-refractivity contribution in [1.82, 2.24) is 0 Å². The molecule has 10 heavy (non-hydrogen) atoms. The third kappa shape index (κ3) is 1.82. The zero-order valence-electron chi connectivity index (χ0n) is 6.27. The Labute approximate surface area is 70.3 Å². The topological polar surface area (TPSA) is 17.1 Å². The summed E-state index contributed by atoms with van der Waals surface area (Å²) in [6, 6.07) is 0. The summed E-state index contributed by atoms with van der Waals surface area (Å²) in [4.78, 5) is 11.0. The Morgan fingerprint density at radius 1 is 1.50 bits per heavy atom. The van der Waals surface area contributed by atoms with Crippen LogP contribution in [0, 0.1) is 5.92 Å². The van der Waals surface area contributed by atoms with E-state index in [0.717, 1.165) is 0 Å². The molecule has 1 rings (SSSR count). The molecule has 0 N–H and O–H groups in total. The maximum Gasteiger partial charge on any atom is 0.143 e. The van der Waals surface area contributed by atoms with Crippen molar-refractivity contribution in [1.29, 1.82) is 0 Å². The number of hydrogen-bond donors (Lipinski definition) is 0. The van der Waals surface area contributed by atoms with Gasteiger partial charge in [-0.2, -0.15) is 0 Å². The van der Waals surface area contributed by atoms with Gasteiger partial charge < -0.3 is 0 Å². The van der Waals surface area contributed by atoms with Crippen molar-refractivity contribution in [3.8, 4) is 0 Å². The van der Waals surface area contributed by atoms with Crippen molar-refractivity contribution in [2.24, 2.45) is 5.92 Å². The van der Waals surface area contributed by atoms with Crippen LogP contribution in [0.25, 0.3) is 0 Å². The molecule has 1 unspecified atom stereocenters. The zero-order valence-corrected chi connectivity index (χ0v) is 7.86. The molecule has 1 aliphatic carbocycles. The fraction of sp³-hybridized carbons (Fsp3) is 0.875. The number of carbonyl (C=O) groups is 1. The molecule has 2 heteroatoms. The van der Waals surface area contributed by atoms with Crippen LogP contribution in [-0.4, -0.2) is 10.6 Å². The quantitative estimate of drug-likeness (QED) is 0.633. The molecule has 0 aromatic carbocycles. The van der Waals surface area contributed by atoms with E-state index in [1.54, 1.807) is 6.92 Å². The van der Waals surface area contributed by atoms with Crippen LogP contribution >= 0.6 is 15.9 Å². The first-order valence-corrected chi connectivity index (χ1v) is 4.78. The van der Waals surface area contributed by atoms with Crippen molar-refractivity contribution in [2.45, 2.75) is 37.4 Å². The van der Waals surface area contributed by atoms with Crippen LogP contribution in [-0.2, 0) is 4.79 Å². The third-order valence-electron chi connectivity index (χ3n) is 2.20. The number of alkyl halides is 1. The van der Waals surface area contributed by atoms with Gasteiger partial charge in [0.15, 0.2) is 0 Å². The number of Topliss-reactive ketones (excluding diaryl/α,β-unsaturated/α-hetero) is 1. The molecule has 1 aliphatic rings. The lowest BCUT2D eigenvalue weighted by Gasteiger charge is -2.12. The molecule has 1 saturated carbocycles. The van der Waals surface area contributed by atoms with Crippen molar-refractivity contribution in [2.75, 3.05) is 0 Å². The highest BCUT2D eigenvalue weighted by atomic mass is 79.9. The molecule has 1 atom stereocenters. The van der Waals surface area contributed by atoms with E-state index in [1.165, 1.54) is 25.7 Å². The number of carbonyl (C=O) groups excluding carboxylic acids is 1. The monoisotopic (exact) mass is 204 g/mol. The van der Waals surface area contributed by atoms with Crippen LogP contribution in [0.4, 0.5) is 0 Å². The minimum Gasteiger partial charge on any atom is -0.299 e. The molecular formula is C8H13BrO. The number of rotatable bonds is 2. The lowest BCUT2D eigenvalue weighted by molar-refractivity contribution is -0.117. The number of ketones is 1. The SMILES string of the molecule is CC(=O)C(Br)C1CCCC1. The normalized spacial score (nSPS) is 23.0. The van der Waals surface area contributed by atoms with E-state index in [2.05, 4.69) is 15.9 Å². The average Bonchev–Trinajstić information content (AvgIpc) is 2.36. The summed E-state index contributed by atoms with van der Waals surface area (Å²) in [5.74, 6) is 0.907. The summed E-state index contributed by atoms with van der Waals surface area (Å²) < 4.78 is 0. The van der Waals surface area contributed by atoms with E-state index < -0.39 is 0 Å². The Balaban J connectivity index is 2.39. The number of hydrogen-bond acceptors (Lipinski definition) is 1. The molecule has 0 saturated heterocycles. The van der Waals surface area contributed by atoms with E-state index >= 15 is 0 Å². The van der Waals surface area contributed by atoms with Gasteiger partial charge in [0.25, 0.3) is 0 Å². The zero-order chi connectivity index (χ0) is 7.56. The lowest BCUT2D eigenvalue weighted by Crippen LogP contribution is -2.18. The highest BCUT2D eigenvalue weighted by Crippen LogP contribution is 2.31. The molecule has 0 aliphatic heterocycles. The van der Waals surface area contributed by atoms with Crippen LogP contribution in [0.15, 0.2) is 0 Å².